The maximum Gasteiger partial charge on any atom is 0.252 e. The van der Waals surface area contributed by atoms with E-state index in [1.54, 1.807) is 17.5 Å². The summed E-state index contributed by atoms with van der Waals surface area (Å²) in [4.78, 5) is 12.6. The molecule has 2 aromatic rings. The number of rotatable bonds is 7. The number of carbonyl (C=O) groups excluding carboxylic acids is 1. The Morgan fingerprint density at radius 1 is 1.26 bits per heavy atom. The maximum atomic E-state index is 12.7. The first-order valence-electron chi connectivity index (χ1n) is 9.35. The van der Waals surface area contributed by atoms with Crippen molar-refractivity contribution in [3.8, 4) is 0 Å². The summed E-state index contributed by atoms with van der Waals surface area (Å²) in [5.74, 6) is -0.325. The van der Waals surface area contributed by atoms with Gasteiger partial charge in [-0.25, -0.2) is 8.42 Å². The Kier molecular flexibility index (Phi) is 6.68. The smallest absolute Gasteiger partial charge is 0.252 e. The lowest BCUT2D eigenvalue weighted by atomic mass is 9.98. The molecule has 1 aliphatic heterocycles. The molecule has 146 valence electrons. The Morgan fingerprint density at radius 3 is 2.74 bits per heavy atom. The molecule has 0 bridgehead atoms. The molecule has 1 amide bonds. The summed E-state index contributed by atoms with van der Waals surface area (Å²) in [6.07, 6.45) is 3.21. The van der Waals surface area contributed by atoms with Crippen LogP contribution in [-0.4, -0.2) is 37.8 Å². The molecule has 27 heavy (non-hydrogen) atoms. The summed E-state index contributed by atoms with van der Waals surface area (Å²) in [5.41, 5.74) is 1.25. The molecule has 2 heterocycles. The van der Waals surface area contributed by atoms with Crippen LogP contribution < -0.4 is 5.32 Å². The normalized spacial score (nSPS) is 19.5. The first kappa shape index (κ1) is 20.0. The van der Waals surface area contributed by atoms with Crippen molar-refractivity contribution in [3.63, 3.8) is 0 Å². The lowest BCUT2D eigenvalue weighted by molar-refractivity contribution is -0.126. The molecule has 7 heteroatoms. The lowest BCUT2D eigenvalue weighted by Gasteiger charge is -2.31. The number of benzene rings is 1. The molecule has 1 aromatic carbocycles. The van der Waals surface area contributed by atoms with Crippen molar-refractivity contribution in [1.82, 2.24) is 9.62 Å². The van der Waals surface area contributed by atoms with Crippen LogP contribution in [0.2, 0.25) is 0 Å². The summed E-state index contributed by atoms with van der Waals surface area (Å²) in [7, 11) is -3.49. The molecular weight excluding hydrogens is 380 g/mol. The van der Waals surface area contributed by atoms with Crippen molar-refractivity contribution in [2.75, 3.05) is 13.1 Å². The van der Waals surface area contributed by atoms with Gasteiger partial charge in [-0.15, -0.1) is 11.3 Å². The fourth-order valence-corrected chi connectivity index (χ4v) is 6.04. The van der Waals surface area contributed by atoms with Crippen molar-refractivity contribution in [1.29, 1.82) is 0 Å². The van der Waals surface area contributed by atoms with Gasteiger partial charge in [0.05, 0.1) is 5.92 Å². The number of carbonyl (C=O) groups is 1. The van der Waals surface area contributed by atoms with E-state index in [2.05, 4.69) is 17.4 Å². The molecule has 2 atom stereocenters. The first-order valence-corrected chi connectivity index (χ1v) is 11.7. The van der Waals surface area contributed by atoms with E-state index in [1.165, 1.54) is 21.2 Å². The first-order chi connectivity index (χ1) is 13.0. The number of hydrogen-bond donors (Lipinski definition) is 1. The molecule has 1 aromatic heterocycles. The monoisotopic (exact) mass is 406 g/mol. The predicted molar refractivity (Wildman–Crippen MR) is 108 cm³/mol. The Bertz CT molecular complexity index is 835. The van der Waals surface area contributed by atoms with Gasteiger partial charge in [-0.3, -0.25) is 4.79 Å². The number of sulfonamides is 1. The van der Waals surface area contributed by atoms with Crippen LogP contribution in [0.3, 0.4) is 0 Å². The highest BCUT2D eigenvalue weighted by atomic mass is 32.2. The molecule has 1 fully saturated rings. The van der Waals surface area contributed by atoms with Gasteiger partial charge >= 0.3 is 0 Å². The largest absolute Gasteiger partial charge is 0.353 e. The second kappa shape index (κ2) is 8.99. The quantitative estimate of drug-likeness (QED) is 0.767. The Hall–Kier alpha value is -1.70. The molecule has 1 N–H and O–H groups in total. The molecule has 3 rings (SSSR count). The predicted octanol–water partition coefficient (Wildman–Crippen LogP) is 3.29. The van der Waals surface area contributed by atoms with E-state index in [0.29, 0.717) is 17.2 Å². The van der Waals surface area contributed by atoms with Crippen molar-refractivity contribution < 1.29 is 13.2 Å². The zero-order chi connectivity index (χ0) is 19.3. The third kappa shape index (κ3) is 5.18. The minimum absolute atomic E-state index is 0.0401. The van der Waals surface area contributed by atoms with E-state index in [9.17, 15) is 13.2 Å². The number of thiophene rings is 1. The minimum atomic E-state index is -3.49. The fraction of sp³-hybridized carbons (Fsp3) is 0.450. The van der Waals surface area contributed by atoms with Gasteiger partial charge in [0.2, 0.25) is 5.91 Å². The number of piperidine rings is 1. The molecule has 0 radical (unpaired) electrons. The van der Waals surface area contributed by atoms with Crippen molar-refractivity contribution in [2.24, 2.45) is 5.92 Å². The minimum Gasteiger partial charge on any atom is -0.353 e. The summed E-state index contributed by atoms with van der Waals surface area (Å²) in [6, 6.07) is 13.6. The molecule has 0 spiro atoms. The van der Waals surface area contributed by atoms with Gasteiger partial charge in [-0.2, -0.15) is 4.31 Å². The number of aryl methyl sites for hydroxylation is 1. The number of nitrogens with one attached hydrogen (secondary N) is 1. The molecule has 1 aliphatic rings. The zero-order valence-corrected chi connectivity index (χ0v) is 17.1. The SMILES string of the molecule is C[C@H](CCc1ccccc1)NC(=O)[C@@H]1CCCN(S(=O)(=O)c2cccs2)C1. The second-order valence-electron chi connectivity index (χ2n) is 7.07. The van der Waals surface area contributed by atoms with Crippen LogP contribution in [-0.2, 0) is 21.2 Å². The number of hydrogen-bond acceptors (Lipinski definition) is 4. The van der Waals surface area contributed by atoms with Crippen molar-refractivity contribution in [2.45, 2.75) is 42.9 Å². The molecular formula is C20H26N2O3S2. The third-order valence-electron chi connectivity index (χ3n) is 4.94. The van der Waals surface area contributed by atoms with E-state index in [1.807, 2.05) is 25.1 Å². The zero-order valence-electron chi connectivity index (χ0n) is 15.5. The third-order valence-corrected chi connectivity index (χ3v) is 8.18. The van der Waals surface area contributed by atoms with Crippen molar-refractivity contribution >= 4 is 27.3 Å². The van der Waals surface area contributed by atoms with E-state index < -0.39 is 10.0 Å². The summed E-state index contributed by atoms with van der Waals surface area (Å²) in [5, 5.41) is 4.83. The molecule has 0 aliphatic carbocycles. The van der Waals surface area contributed by atoms with Crippen LogP contribution >= 0.6 is 11.3 Å². The van der Waals surface area contributed by atoms with Gasteiger partial charge in [0.15, 0.2) is 0 Å². The fourth-order valence-electron chi connectivity index (χ4n) is 3.37. The lowest BCUT2D eigenvalue weighted by Crippen LogP contribution is -2.47. The van der Waals surface area contributed by atoms with E-state index in [-0.39, 0.29) is 24.4 Å². The van der Waals surface area contributed by atoms with Gasteiger partial charge in [0, 0.05) is 19.1 Å². The second-order valence-corrected chi connectivity index (χ2v) is 10.2. The highest BCUT2D eigenvalue weighted by Gasteiger charge is 2.34. The van der Waals surface area contributed by atoms with Gasteiger partial charge in [0.25, 0.3) is 10.0 Å². The number of amides is 1. The van der Waals surface area contributed by atoms with Gasteiger partial charge in [-0.1, -0.05) is 36.4 Å². The van der Waals surface area contributed by atoms with Crippen LogP contribution in [0.25, 0.3) is 0 Å². The standard InChI is InChI=1S/C20H26N2O3S2/c1-16(11-12-17-7-3-2-4-8-17)21-20(23)18-9-5-13-22(15-18)27(24,25)19-10-6-14-26-19/h2-4,6-8,10,14,16,18H,5,9,11-13,15H2,1H3,(H,21,23)/t16-,18-/m1/s1. The Labute approximate surface area is 165 Å². The molecule has 1 saturated heterocycles. The topological polar surface area (TPSA) is 66.5 Å². The number of nitrogens with zero attached hydrogens (tertiary/aromatic N) is 1. The van der Waals surface area contributed by atoms with Crippen LogP contribution in [0.5, 0.6) is 0 Å². The van der Waals surface area contributed by atoms with E-state index in [4.69, 9.17) is 0 Å². The van der Waals surface area contributed by atoms with Crippen molar-refractivity contribution in [3.05, 3.63) is 53.4 Å². The Morgan fingerprint density at radius 2 is 2.04 bits per heavy atom. The van der Waals surface area contributed by atoms with E-state index in [0.717, 1.165) is 19.3 Å². The molecule has 0 saturated carbocycles. The van der Waals surface area contributed by atoms with Gasteiger partial charge in [-0.05, 0) is 49.6 Å². The highest BCUT2D eigenvalue weighted by molar-refractivity contribution is 7.91. The summed E-state index contributed by atoms with van der Waals surface area (Å²) >= 11 is 1.22. The summed E-state index contributed by atoms with van der Waals surface area (Å²) in [6.45, 7) is 2.74. The van der Waals surface area contributed by atoms with Gasteiger partial charge in [0.1, 0.15) is 4.21 Å². The average molecular weight is 407 g/mol. The van der Waals surface area contributed by atoms with E-state index >= 15 is 0 Å². The summed E-state index contributed by atoms with van der Waals surface area (Å²) < 4.78 is 27.2. The van der Waals surface area contributed by atoms with Crippen LogP contribution in [0.1, 0.15) is 31.7 Å². The van der Waals surface area contributed by atoms with Crippen LogP contribution in [0.4, 0.5) is 0 Å². The van der Waals surface area contributed by atoms with Crippen LogP contribution in [0, 0.1) is 5.92 Å². The maximum absolute atomic E-state index is 12.7. The average Bonchev–Trinajstić information content (AvgIpc) is 3.23. The van der Waals surface area contributed by atoms with Crippen LogP contribution in [0.15, 0.2) is 52.1 Å². The Balaban J connectivity index is 1.53. The molecule has 5 nitrogen and oxygen atoms in total. The van der Waals surface area contributed by atoms with Gasteiger partial charge < -0.3 is 5.32 Å². The highest BCUT2D eigenvalue weighted by Crippen LogP contribution is 2.26. The molecule has 0 unspecified atom stereocenters.